The van der Waals surface area contributed by atoms with Crippen molar-refractivity contribution in [2.75, 3.05) is 12.9 Å². The van der Waals surface area contributed by atoms with Gasteiger partial charge in [-0.2, -0.15) is 11.8 Å². The van der Waals surface area contributed by atoms with Gasteiger partial charge in [-0.15, -0.1) is 0 Å². The summed E-state index contributed by atoms with van der Waals surface area (Å²) >= 11 is 1.15. The van der Waals surface area contributed by atoms with E-state index in [0.717, 1.165) is 30.2 Å². The lowest BCUT2D eigenvalue weighted by atomic mass is 9.95. The minimum Gasteiger partial charge on any atom is -0.480 e. The molecule has 166 valence electrons. The highest BCUT2D eigenvalue weighted by Gasteiger charge is 2.34. The van der Waals surface area contributed by atoms with Crippen molar-refractivity contribution in [3.8, 4) is 0 Å². The molecule has 1 rings (SSSR count). The van der Waals surface area contributed by atoms with Gasteiger partial charge in [0.15, 0.2) is 0 Å². The van der Waals surface area contributed by atoms with E-state index >= 15 is 0 Å². The van der Waals surface area contributed by atoms with E-state index in [-0.39, 0.29) is 30.3 Å². The average Bonchev–Trinajstić information content (AvgIpc) is 2.63. The maximum Gasteiger partial charge on any atom is 0.321 e. The Hall–Kier alpha value is -1.35. The lowest BCUT2D eigenvalue weighted by Gasteiger charge is -2.31. The topological polar surface area (TPSA) is 119 Å². The number of hydrogen-bond donors (Lipinski definition) is 3. The van der Waals surface area contributed by atoms with Crippen molar-refractivity contribution in [3.63, 3.8) is 0 Å². The number of aliphatic carboxylic acids is 1. The van der Waals surface area contributed by atoms with E-state index in [1.54, 1.807) is 26.2 Å². The van der Waals surface area contributed by atoms with Crippen molar-refractivity contribution in [1.82, 2.24) is 0 Å². The lowest BCUT2D eigenvalue weighted by molar-refractivity contribution is -0.151. The SMILES string of the molecule is CO[C@@H]1/C=C/[C@](C)(O)[C@H](SC[C@H](N)C(=O)O)CC(=O)O[C@@H](C)[C@@H](C)CC/C=C\1C. The first kappa shape index (κ1) is 25.7. The molecule has 1 aliphatic heterocycles. The second-order valence-electron chi connectivity index (χ2n) is 7.91. The zero-order chi connectivity index (χ0) is 22.2. The zero-order valence-electron chi connectivity index (χ0n) is 18.0. The standard InChI is InChI=1S/C21H35NO6S/c1-13-7-6-8-14(2)17(27-5)9-10-21(4,26)18(11-19(23)28-15(13)3)29-12-16(22)20(24)25/h8-10,13,15-18,26H,6-7,11-12,22H2,1-5H3,(H,24,25)/b10-9+,14-8-/t13-,15-,16-,17+,18+,21-/m0/s1. The summed E-state index contributed by atoms with van der Waals surface area (Å²) in [6.45, 7) is 7.47. The molecule has 0 saturated carbocycles. The monoisotopic (exact) mass is 429 g/mol. The number of ether oxygens (including phenoxy) is 2. The number of allylic oxidation sites excluding steroid dienone is 1. The van der Waals surface area contributed by atoms with Crippen LogP contribution in [0.1, 0.15) is 47.0 Å². The minimum absolute atomic E-state index is 0.0577. The van der Waals surface area contributed by atoms with Crippen LogP contribution in [0.2, 0.25) is 0 Å². The zero-order valence-corrected chi connectivity index (χ0v) is 18.8. The molecule has 0 amide bonds. The maximum atomic E-state index is 12.5. The van der Waals surface area contributed by atoms with Crippen molar-refractivity contribution in [3.05, 3.63) is 23.8 Å². The quantitative estimate of drug-likeness (QED) is 0.451. The van der Waals surface area contributed by atoms with Crippen LogP contribution in [0.3, 0.4) is 0 Å². The van der Waals surface area contributed by atoms with Gasteiger partial charge in [-0.05, 0) is 45.1 Å². The van der Waals surface area contributed by atoms with Gasteiger partial charge in [0.25, 0.3) is 0 Å². The van der Waals surface area contributed by atoms with Crippen molar-refractivity contribution >= 4 is 23.7 Å². The Morgan fingerprint density at radius 1 is 1.48 bits per heavy atom. The Labute approximate surface area is 177 Å². The van der Waals surface area contributed by atoms with Crippen LogP contribution in [0.4, 0.5) is 0 Å². The summed E-state index contributed by atoms with van der Waals surface area (Å²) < 4.78 is 11.1. The number of rotatable bonds is 5. The lowest BCUT2D eigenvalue weighted by Crippen LogP contribution is -2.40. The third kappa shape index (κ3) is 8.50. The van der Waals surface area contributed by atoms with E-state index in [1.807, 2.05) is 20.8 Å². The van der Waals surface area contributed by atoms with Gasteiger partial charge in [-0.25, -0.2) is 0 Å². The van der Waals surface area contributed by atoms with Crippen LogP contribution >= 0.6 is 11.8 Å². The Bertz CT molecular complexity index is 618. The summed E-state index contributed by atoms with van der Waals surface area (Å²) in [4.78, 5) is 23.5. The first-order valence-corrected chi connectivity index (χ1v) is 10.9. The molecule has 0 aromatic carbocycles. The van der Waals surface area contributed by atoms with Crippen LogP contribution in [-0.2, 0) is 19.1 Å². The molecule has 1 aliphatic rings. The van der Waals surface area contributed by atoms with Gasteiger partial charge >= 0.3 is 11.9 Å². The molecule has 0 bridgehead atoms. The van der Waals surface area contributed by atoms with Crippen LogP contribution in [0.25, 0.3) is 0 Å². The fourth-order valence-electron chi connectivity index (χ4n) is 2.98. The van der Waals surface area contributed by atoms with E-state index < -0.39 is 28.8 Å². The molecule has 0 aromatic heterocycles. The fourth-order valence-corrected chi connectivity index (χ4v) is 4.23. The van der Waals surface area contributed by atoms with Crippen molar-refractivity contribution in [2.24, 2.45) is 11.7 Å². The molecule has 0 fully saturated rings. The van der Waals surface area contributed by atoms with E-state index in [0.29, 0.717) is 0 Å². The van der Waals surface area contributed by atoms with Crippen LogP contribution in [0.15, 0.2) is 23.8 Å². The summed E-state index contributed by atoms with van der Waals surface area (Å²) in [5, 5.41) is 19.5. The number of esters is 1. The molecule has 0 radical (unpaired) electrons. The molecule has 0 aliphatic carbocycles. The molecule has 8 heteroatoms. The molecule has 0 unspecified atom stereocenters. The number of carboxylic acid groups (broad SMARTS) is 1. The summed E-state index contributed by atoms with van der Waals surface area (Å²) in [7, 11) is 1.60. The van der Waals surface area contributed by atoms with Crippen LogP contribution in [0.5, 0.6) is 0 Å². The van der Waals surface area contributed by atoms with Crippen LogP contribution in [-0.4, -0.2) is 64.1 Å². The van der Waals surface area contributed by atoms with Gasteiger partial charge < -0.3 is 25.4 Å². The number of methoxy groups -OCH3 is 1. The molecular weight excluding hydrogens is 394 g/mol. The number of aliphatic hydroxyl groups is 1. The molecule has 29 heavy (non-hydrogen) atoms. The Morgan fingerprint density at radius 2 is 2.14 bits per heavy atom. The first-order valence-electron chi connectivity index (χ1n) is 9.88. The van der Waals surface area contributed by atoms with Gasteiger partial charge in [0, 0.05) is 18.1 Å². The molecule has 0 spiro atoms. The van der Waals surface area contributed by atoms with Crippen LogP contribution < -0.4 is 5.73 Å². The number of carbonyl (C=O) groups excluding carboxylic acids is 1. The third-order valence-electron chi connectivity index (χ3n) is 5.32. The molecule has 0 saturated heterocycles. The molecular formula is C21H35NO6S. The van der Waals surface area contributed by atoms with Gasteiger partial charge in [0.1, 0.15) is 12.1 Å². The van der Waals surface area contributed by atoms with E-state index in [4.69, 9.17) is 20.3 Å². The van der Waals surface area contributed by atoms with Crippen molar-refractivity contribution in [1.29, 1.82) is 0 Å². The second-order valence-corrected chi connectivity index (χ2v) is 9.15. The molecule has 0 aromatic rings. The largest absolute Gasteiger partial charge is 0.480 e. The molecule has 4 N–H and O–H groups in total. The van der Waals surface area contributed by atoms with Gasteiger partial charge in [-0.1, -0.05) is 25.2 Å². The summed E-state index contributed by atoms with van der Waals surface area (Å²) in [5.74, 6) is -1.31. The molecule has 1 heterocycles. The number of carboxylic acids is 1. The number of thioether (sulfide) groups is 1. The van der Waals surface area contributed by atoms with E-state index in [9.17, 15) is 14.7 Å². The second kappa shape index (κ2) is 11.7. The van der Waals surface area contributed by atoms with Gasteiger partial charge in [0.2, 0.25) is 0 Å². The molecule has 6 atom stereocenters. The Balaban J connectivity index is 3.17. The van der Waals surface area contributed by atoms with E-state index in [2.05, 4.69) is 6.08 Å². The predicted molar refractivity (Wildman–Crippen MR) is 115 cm³/mol. The normalized spacial score (nSPS) is 36.2. The van der Waals surface area contributed by atoms with Crippen LogP contribution in [0, 0.1) is 5.92 Å². The summed E-state index contributed by atoms with van der Waals surface area (Å²) in [5.41, 5.74) is 5.25. The van der Waals surface area contributed by atoms with Gasteiger partial charge in [-0.3, -0.25) is 9.59 Å². The smallest absolute Gasteiger partial charge is 0.321 e. The molecule has 7 nitrogen and oxygen atoms in total. The number of carbonyl (C=O) groups is 2. The highest BCUT2D eigenvalue weighted by Crippen LogP contribution is 2.30. The highest BCUT2D eigenvalue weighted by molar-refractivity contribution is 8.00. The first-order chi connectivity index (χ1) is 13.5. The van der Waals surface area contributed by atoms with E-state index in [1.165, 1.54) is 0 Å². The number of cyclic esters (lactones) is 1. The van der Waals surface area contributed by atoms with Crippen molar-refractivity contribution in [2.45, 2.75) is 76.1 Å². The Kier molecular flexibility index (Phi) is 10.4. The minimum atomic E-state index is -1.39. The predicted octanol–water partition coefficient (Wildman–Crippen LogP) is 2.52. The third-order valence-corrected chi connectivity index (χ3v) is 6.91. The Morgan fingerprint density at radius 3 is 2.72 bits per heavy atom. The maximum absolute atomic E-state index is 12.5. The highest BCUT2D eigenvalue weighted by atomic mass is 32.2. The summed E-state index contributed by atoms with van der Waals surface area (Å²) in [6, 6.07) is -1.08. The number of nitrogens with two attached hydrogens (primary N) is 1. The summed E-state index contributed by atoms with van der Waals surface area (Å²) in [6.07, 6.45) is 6.56. The number of hydrogen-bond acceptors (Lipinski definition) is 7. The fraction of sp³-hybridized carbons (Fsp3) is 0.714. The average molecular weight is 430 g/mol. The van der Waals surface area contributed by atoms with Gasteiger partial charge in [0.05, 0.1) is 18.1 Å². The van der Waals surface area contributed by atoms with Crippen molar-refractivity contribution < 1.29 is 29.3 Å².